The van der Waals surface area contributed by atoms with E-state index in [0.29, 0.717) is 12.2 Å². The van der Waals surface area contributed by atoms with E-state index in [9.17, 15) is 39.6 Å². The van der Waals surface area contributed by atoms with Gasteiger partial charge in [-0.25, -0.2) is 17.9 Å². The number of nitrogens with zero attached hydrogens (tertiary/aromatic N) is 3. The van der Waals surface area contributed by atoms with Crippen LogP contribution in [-0.2, 0) is 30.7 Å². The number of hydrogen-bond donors (Lipinski definition) is 3. The monoisotopic (exact) mass is 567 g/mol. The molecular formula is C21H19F6N5O5S. The zero-order chi connectivity index (χ0) is 28.6. The predicted octanol–water partition coefficient (Wildman–Crippen LogP) is 2.88. The average Bonchev–Trinajstić information content (AvgIpc) is 3.56. The summed E-state index contributed by atoms with van der Waals surface area (Å²) in [6.07, 6.45) is -8.20. The zero-order valence-corrected chi connectivity index (χ0v) is 20.0. The summed E-state index contributed by atoms with van der Waals surface area (Å²) in [6, 6.07) is 9.25. The third-order valence-electron chi connectivity index (χ3n) is 5.92. The molecule has 3 heterocycles. The zero-order valence-electron chi connectivity index (χ0n) is 19.2. The molecule has 10 nitrogen and oxygen atoms in total. The molecule has 1 fully saturated rings. The fraction of sp³-hybridized carbons (Fsp3) is 0.381. The number of carboxylic acids is 1. The standard InChI is InChI=1S/C19H18F3N5O3S.C2HF3O2/c1-17(15-4-2-3-9-24-15)11-23-10-14(17)16(28)25-31(29,30)13-7-5-12(6-8-13)18(26-27-18)19(20,21)22;3-2(4,5)1(6)7/h2-9,14,23H,10-11H2,1H3,(H,25,28);(H,6,7). The summed E-state index contributed by atoms with van der Waals surface area (Å²) in [6.45, 7) is 2.51. The number of benzene rings is 1. The largest absolute Gasteiger partial charge is 0.490 e. The van der Waals surface area contributed by atoms with Crippen molar-refractivity contribution in [3.8, 4) is 0 Å². The lowest BCUT2D eigenvalue weighted by molar-refractivity contribution is -0.192. The van der Waals surface area contributed by atoms with Gasteiger partial charge in [-0.2, -0.15) is 26.3 Å². The predicted molar refractivity (Wildman–Crippen MR) is 116 cm³/mol. The van der Waals surface area contributed by atoms with Gasteiger partial charge in [-0.15, -0.1) is 10.2 Å². The Bertz CT molecular complexity index is 1330. The molecule has 206 valence electrons. The van der Waals surface area contributed by atoms with E-state index in [1.54, 1.807) is 24.4 Å². The molecule has 17 heteroatoms. The summed E-state index contributed by atoms with van der Waals surface area (Å²) in [4.78, 5) is 25.7. The van der Waals surface area contributed by atoms with Crippen LogP contribution in [0.3, 0.4) is 0 Å². The van der Waals surface area contributed by atoms with Crippen molar-refractivity contribution in [2.45, 2.75) is 35.2 Å². The lowest BCUT2D eigenvalue weighted by Gasteiger charge is -2.29. The minimum absolute atomic E-state index is 0.254. The highest BCUT2D eigenvalue weighted by atomic mass is 32.2. The molecule has 2 unspecified atom stereocenters. The normalized spacial score (nSPS) is 22.2. The van der Waals surface area contributed by atoms with Crippen LogP contribution in [-0.4, -0.2) is 55.8 Å². The number of halogens is 6. The number of aromatic nitrogens is 1. The number of amides is 1. The van der Waals surface area contributed by atoms with E-state index in [1.807, 2.05) is 11.6 Å². The molecule has 1 amide bonds. The lowest BCUT2D eigenvalue weighted by Crippen LogP contribution is -2.44. The van der Waals surface area contributed by atoms with Crippen LogP contribution in [0.25, 0.3) is 0 Å². The van der Waals surface area contributed by atoms with Crippen LogP contribution in [0.2, 0.25) is 0 Å². The Labute approximate surface area is 211 Å². The van der Waals surface area contributed by atoms with E-state index >= 15 is 0 Å². The molecule has 4 rings (SSSR count). The first-order valence-electron chi connectivity index (χ1n) is 10.5. The lowest BCUT2D eigenvalue weighted by atomic mass is 9.76. The van der Waals surface area contributed by atoms with Gasteiger partial charge >= 0.3 is 24.0 Å². The van der Waals surface area contributed by atoms with Crippen molar-refractivity contribution >= 4 is 21.9 Å². The number of alkyl halides is 6. The van der Waals surface area contributed by atoms with Crippen LogP contribution in [0.15, 0.2) is 63.8 Å². The number of nitrogens with one attached hydrogen (secondary N) is 2. The molecule has 0 radical (unpaired) electrons. The number of carbonyl (C=O) groups excluding carboxylic acids is 1. The fourth-order valence-electron chi connectivity index (χ4n) is 3.75. The number of pyridine rings is 1. The Balaban J connectivity index is 0.000000505. The van der Waals surface area contributed by atoms with Crippen molar-refractivity contribution in [3.05, 3.63) is 59.9 Å². The van der Waals surface area contributed by atoms with E-state index in [-0.39, 0.29) is 17.0 Å². The highest BCUT2D eigenvalue weighted by Crippen LogP contribution is 2.52. The highest BCUT2D eigenvalue weighted by molar-refractivity contribution is 7.90. The molecule has 3 N–H and O–H groups in total. The van der Waals surface area contributed by atoms with Gasteiger partial charge in [-0.1, -0.05) is 25.1 Å². The van der Waals surface area contributed by atoms with Crippen LogP contribution in [0.1, 0.15) is 18.2 Å². The SMILES string of the molecule is CC1(c2ccccn2)CNCC1C(=O)NS(=O)(=O)c1ccc(C2(C(F)(F)F)N=N2)cc1.O=C(O)C(F)(F)F. The van der Waals surface area contributed by atoms with E-state index in [0.717, 1.165) is 24.3 Å². The first kappa shape index (κ1) is 29.0. The molecule has 1 aromatic carbocycles. The Morgan fingerprint density at radius 3 is 2.08 bits per heavy atom. The molecule has 2 atom stereocenters. The quantitative estimate of drug-likeness (QED) is 0.470. The maximum atomic E-state index is 13.1. The second-order valence-corrected chi connectivity index (χ2v) is 10.2. The van der Waals surface area contributed by atoms with Crippen LogP contribution in [0.5, 0.6) is 0 Å². The molecule has 0 spiro atoms. The van der Waals surface area contributed by atoms with Gasteiger partial charge in [0.2, 0.25) is 5.91 Å². The second kappa shape index (κ2) is 9.94. The van der Waals surface area contributed by atoms with Gasteiger partial charge in [0.1, 0.15) is 0 Å². The van der Waals surface area contributed by atoms with Crippen LogP contribution in [0.4, 0.5) is 26.3 Å². The second-order valence-electron chi connectivity index (χ2n) is 8.48. The fourth-order valence-corrected chi connectivity index (χ4v) is 4.77. The molecule has 1 aromatic heterocycles. The van der Waals surface area contributed by atoms with E-state index in [1.165, 1.54) is 0 Å². The Morgan fingerprint density at radius 1 is 1.05 bits per heavy atom. The summed E-state index contributed by atoms with van der Waals surface area (Å²) in [5, 5.41) is 16.4. The molecular weight excluding hydrogens is 548 g/mol. The van der Waals surface area contributed by atoms with Gasteiger partial charge in [0.15, 0.2) is 0 Å². The number of carbonyl (C=O) groups is 2. The van der Waals surface area contributed by atoms with Crippen LogP contribution < -0.4 is 10.0 Å². The van der Waals surface area contributed by atoms with Crippen molar-refractivity contribution < 1.29 is 49.5 Å². The van der Waals surface area contributed by atoms with Gasteiger partial charge < -0.3 is 10.4 Å². The van der Waals surface area contributed by atoms with Gasteiger partial charge in [-0.05, 0) is 24.3 Å². The van der Waals surface area contributed by atoms with Gasteiger partial charge in [0.25, 0.3) is 10.0 Å². The number of sulfonamides is 1. The van der Waals surface area contributed by atoms with Crippen LogP contribution >= 0.6 is 0 Å². The molecule has 38 heavy (non-hydrogen) atoms. The molecule has 0 bridgehead atoms. The van der Waals surface area contributed by atoms with Crippen molar-refractivity contribution in [3.63, 3.8) is 0 Å². The number of carboxylic acid groups (broad SMARTS) is 1. The van der Waals surface area contributed by atoms with Crippen LogP contribution in [0, 0.1) is 5.92 Å². The number of aliphatic carboxylic acids is 1. The molecule has 2 aliphatic rings. The maximum absolute atomic E-state index is 13.1. The van der Waals surface area contributed by atoms with Crippen molar-refractivity contribution in [2.24, 2.45) is 16.1 Å². The minimum Gasteiger partial charge on any atom is -0.475 e. The molecule has 0 saturated carbocycles. The molecule has 2 aliphatic heterocycles. The van der Waals surface area contributed by atoms with E-state index in [4.69, 9.17) is 9.90 Å². The first-order valence-corrected chi connectivity index (χ1v) is 12.0. The summed E-state index contributed by atoms with van der Waals surface area (Å²) in [5.74, 6) is -4.19. The summed E-state index contributed by atoms with van der Waals surface area (Å²) < 4.78 is 98.4. The topological polar surface area (TPSA) is 150 Å². The molecule has 0 aliphatic carbocycles. The summed E-state index contributed by atoms with van der Waals surface area (Å²) in [5.41, 5.74) is -3.01. The summed E-state index contributed by atoms with van der Waals surface area (Å²) >= 11 is 0. The number of rotatable bonds is 5. The van der Waals surface area contributed by atoms with E-state index in [2.05, 4.69) is 20.5 Å². The van der Waals surface area contributed by atoms with Crippen molar-refractivity contribution in [2.75, 3.05) is 13.1 Å². The Hall–Kier alpha value is -3.60. The molecule has 1 saturated heterocycles. The van der Waals surface area contributed by atoms with Crippen molar-refractivity contribution in [1.82, 2.24) is 15.0 Å². The molecule has 2 aromatic rings. The summed E-state index contributed by atoms with van der Waals surface area (Å²) in [7, 11) is -4.30. The number of hydrogen-bond acceptors (Lipinski definition) is 8. The Kier molecular flexibility index (Phi) is 7.57. The maximum Gasteiger partial charge on any atom is 0.490 e. The van der Waals surface area contributed by atoms with Gasteiger partial charge in [-0.3, -0.25) is 9.78 Å². The van der Waals surface area contributed by atoms with E-state index < -0.39 is 51.2 Å². The third kappa shape index (κ3) is 5.77. The van der Waals surface area contributed by atoms with Gasteiger partial charge in [0, 0.05) is 36.0 Å². The smallest absolute Gasteiger partial charge is 0.475 e. The first-order chi connectivity index (χ1) is 17.4. The average molecular weight is 567 g/mol. The third-order valence-corrected chi connectivity index (χ3v) is 7.28. The highest BCUT2D eigenvalue weighted by Gasteiger charge is 2.65. The van der Waals surface area contributed by atoms with Crippen molar-refractivity contribution in [1.29, 1.82) is 0 Å². The van der Waals surface area contributed by atoms with Gasteiger partial charge in [0.05, 0.1) is 10.8 Å². The minimum atomic E-state index is -5.08. The Morgan fingerprint density at radius 2 is 1.63 bits per heavy atom.